The van der Waals surface area contributed by atoms with E-state index in [0.717, 1.165) is 10.0 Å². The van der Waals surface area contributed by atoms with Gasteiger partial charge in [0.05, 0.1) is 6.61 Å². The normalized spacial score (nSPS) is 10.2. The van der Waals surface area contributed by atoms with Gasteiger partial charge in [-0.25, -0.2) is 4.79 Å². The summed E-state index contributed by atoms with van der Waals surface area (Å²) >= 11 is 3.47. The molecule has 0 radical (unpaired) electrons. The lowest BCUT2D eigenvalue weighted by molar-refractivity contribution is -0.121. The second-order valence-electron chi connectivity index (χ2n) is 6.36. The Morgan fingerprint density at radius 1 is 0.967 bits per heavy atom. The molecular weight excluding hydrogens is 452 g/mol. The summed E-state index contributed by atoms with van der Waals surface area (Å²) in [6.45, 7) is 2.83. The molecule has 2 N–H and O–H groups in total. The van der Waals surface area contributed by atoms with Gasteiger partial charge in [-0.05, 0) is 55.7 Å². The minimum absolute atomic E-state index is 0.0192. The third-order valence-corrected chi connectivity index (χ3v) is 4.89. The summed E-state index contributed by atoms with van der Waals surface area (Å²) in [5, 5.41) is 5.65. The second-order valence-corrected chi connectivity index (χ2v) is 7.21. The first kappa shape index (κ1) is 23.4. The molecule has 0 atom stereocenters. The molecule has 30 heavy (non-hydrogen) atoms. The highest BCUT2D eigenvalue weighted by atomic mass is 79.9. The third-order valence-electron chi connectivity index (χ3n) is 4.12. The van der Waals surface area contributed by atoms with Gasteiger partial charge in [0.15, 0.2) is 0 Å². The summed E-state index contributed by atoms with van der Waals surface area (Å²) in [5.74, 6) is 0.0439. The van der Waals surface area contributed by atoms with Crippen LogP contribution in [0.15, 0.2) is 53.0 Å². The van der Waals surface area contributed by atoms with Gasteiger partial charge in [-0.2, -0.15) is 0 Å². The van der Waals surface area contributed by atoms with Crippen molar-refractivity contribution in [3.63, 3.8) is 0 Å². The first-order valence-corrected chi connectivity index (χ1v) is 10.5. The fourth-order valence-electron chi connectivity index (χ4n) is 2.58. The largest absolute Gasteiger partial charge is 0.513 e. The quantitative estimate of drug-likeness (QED) is 0.308. The van der Waals surface area contributed by atoms with Crippen LogP contribution in [0.5, 0.6) is 5.75 Å². The molecule has 2 aromatic carbocycles. The van der Waals surface area contributed by atoms with Gasteiger partial charge in [0.2, 0.25) is 5.91 Å². The molecule has 2 aromatic rings. The van der Waals surface area contributed by atoms with Crippen molar-refractivity contribution in [3.8, 4) is 5.75 Å². The molecule has 160 valence electrons. The molecule has 0 bridgehead atoms. The smallest absolute Gasteiger partial charge is 0.434 e. The maximum atomic E-state index is 12.1. The monoisotopic (exact) mass is 476 g/mol. The molecule has 2 amide bonds. The van der Waals surface area contributed by atoms with E-state index in [1.165, 1.54) is 12.1 Å². The predicted octanol–water partition coefficient (Wildman–Crippen LogP) is 3.85. The minimum atomic E-state index is -0.784. The highest BCUT2D eigenvalue weighted by Gasteiger charge is 2.08. The van der Waals surface area contributed by atoms with E-state index in [1.54, 1.807) is 19.1 Å². The summed E-state index contributed by atoms with van der Waals surface area (Å²) in [7, 11) is 0. The number of benzene rings is 2. The zero-order valence-electron chi connectivity index (χ0n) is 16.8. The molecule has 8 heteroatoms. The molecule has 0 unspecified atom stereocenters. The van der Waals surface area contributed by atoms with Crippen molar-refractivity contribution >= 4 is 33.9 Å². The van der Waals surface area contributed by atoms with Crippen molar-refractivity contribution in [2.24, 2.45) is 0 Å². The van der Waals surface area contributed by atoms with Crippen LogP contribution in [0.1, 0.15) is 35.7 Å². The number of nitrogens with one attached hydrogen (secondary N) is 2. The molecule has 2 rings (SSSR count). The van der Waals surface area contributed by atoms with Crippen LogP contribution in [0.4, 0.5) is 4.79 Å². The van der Waals surface area contributed by atoms with E-state index in [1.807, 2.05) is 24.3 Å². The molecule has 0 aromatic heterocycles. The summed E-state index contributed by atoms with van der Waals surface area (Å²) in [6.07, 6.45) is 0.916. The maximum absolute atomic E-state index is 12.1. The number of ether oxygens (including phenoxy) is 2. The Balaban J connectivity index is 1.62. The Morgan fingerprint density at radius 3 is 2.37 bits per heavy atom. The van der Waals surface area contributed by atoms with Gasteiger partial charge in [-0.3, -0.25) is 9.59 Å². The van der Waals surface area contributed by atoms with Gasteiger partial charge in [-0.15, -0.1) is 0 Å². The van der Waals surface area contributed by atoms with Gasteiger partial charge < -0.3 is 20.1 Å². The Bertz CT molecular complexity index is 855. The van der Waals surface area contributed by atoms with Crippen molar-refractivity contribution in [3.05, 3.63) is 64.1 Å². The minimum Gasteiger partial charge on any atom is -0.434 e. The summed E-state index contributed by atoms with van der Waals surface area (Å²) in [5.41, 5.74) is 1.54. The molecule has 0 saturated heterocycles. The van der Waals surface area contributed by atoms with E-state index >= 15 is 0 Å². The zero-order chi connectivity index (χ0) is 21.8. The SMILES string of the molecule is CCOC(=O)Oc1ccc(C(=O)NCCCNC(=O)CCc2ccccc2Br)cc1. The lowest BCUT2D eigenvalue weighted by atomic mass is 10.1. The predicted molar refractivity (Wildman–Crippen MR) is 117 cm³/mol. The summed E-state index contributed by atoms with van der Waals surface area (Å²) in [6, 6.07) is 14.0. The Hall–Kier alpha value is -2.87. The molecule has 0 spiro atoms. The number of rotatable bonds is 10. The fraction of sp³-hybridized carbons (Fsp3) is 0.318. The number of carbonyl (C=O) groups excluding carboxylic acids is 3. The van der Waals surface area contributed by atoms with Crippen LogP contribution in [0.3, 0.4) is 0 Å². The molecule has 0 aliphatic rings. The maximum Gasteiger partial charge on any atom is 0.513 e. The third kappa shape index (κ3) is 8.24. The van der Waals surface area contributed by atoms with Crippen molar-refractivity contribution < 1.29 is 23.9 Å². The van der Waals surface area contributed by atoms with Crippen molar-refractivity contribution in [1.82, 2.24) is 10.6 Å². The molecule has 7 nitrogen and oxygen atoms in total. The molecule has 0 saturated carbocycles. The Kier molecular flexibility index (Phi) is 9.86. The van der Waals surface area contributed by atoms with E-state index in [9.17, 15) is 14.4 Å². The van der Waals surface area contributed by atoms with Crippen LogP contribution in [-0.4, -0.2) is 37.7 Å². The first-order valence-electron chi connectivity index (χ1n) is 9.72. The molecule has 0 aliphatic carbocycles. The van der Waals surface area contributed by atoms with E-state index in [2.05, 4.69) is 31.3 Å². The van der Waals surface area contributed by atoms with Crippen LogP contribution in [0.2, 0.25) is 0 Å². The average molecular weight is 477 g/mol. The van der Waals surface area contributed by atoms with Crippen LogP contribution >= 0.6 is 15.9 Å². The number of aryl methyl sites for hydroxylation is 1. The number of halogens is 1. The number of hydrogen-bond acceptors (Lipinski definition) is 5. The van der Waals surface area contributed by atoms with Crippen LogP contribution in [0.25, 0.3) is 0 Å². The molecule has 0 heterocycles. The highest BCUT2D eigenvalue weighted by molar-refractivity contribution is 9.10. The summed E-state index contributed by atoms with van der Waals surface area (Å²) in [4.78, 5) is 35.3. The van der Waals surface area contributed by atoms with Gasteiger partial charge in [0.1, 0.15) is 5.75 Å². The van der Waals surface area contributed by atoms with Crippen LogP contribution in [-0.2, 0) is 16.0 Å². The number of hydrogen-bond donors (Lipinski definition) is 2. The molecule has 0 fully saturated rings. The van der Waals surface area contributed by atoms with Crippen molar-refractivity contribution in [2.75, 3.05) is 19.7 Å². The van der Waals surface area contributed by atoms with Gasteiger partial charge in [-0.1, -0.05) is 34.1 Å². The first-order chi connectivity index (χ1) is 14.5. The lowest BCUT2D eigenvalue weighted by Gasteiger charge is -2.08. The van der Waals surface area contributed by atoms with Gasteiger partial charge in [0.25, 0.3) is 5.91 Å². The average Bonchev–Trinajstić information content (AvgIpc) is 2.73. The number of carbonyl (C=O) groups is 3. The Labute approximate surface area is 184 Å². The van der Waals surface area contributed by atoms with Crippen molar-refractivity contribution in [2.45, 2.75) is 26.2 Å². The van der Waals surface area contributed by atoms with Crippen LogP contribution < -0.4 is 15.4 Å². The standard InChI is InChI=1S/C22H25BrN2O5/c1-2-29-22(28)30-18-11-8-17(9-12-18)21(27)25-15-5-14-24-20(26)13-10-16-6-3-4-7-19(16)23/h3-4,6-9,11-12H,2,5,10,13-15H2,1H3,(H,24,26)(H,25,27). The van der Waals surface area contributed by atoms with Crippen LogP contribution in [0, 0.1) is 0 Å². The van der Waals surface area contributed by atoms with E-state index in [4.69, 9.17) is 4.74 Å². The molecule has 0 aliphatic heterocycles. The molecular formula is C22H25BrN2O5. The van der Waals surface area contributed by atoms with E-state index in [-0.39, 0.29) is 18.4 Å². The summed E-state index contributed by atoms with van der Waals surface area (Å²) < 4.78 is 10.6. The fourth-order valence-corrected chi connectivity index (χ4v) is 3.06. The highest BCUT2D eigenvalue weighted by Crippen LogP contribution is 2.17. The van der Waals surface area contributed by atoms with Crippen molar-refractivity contribution in [1.29, 1.82) is 0 Å². The van der Waals surface area contributed by atoms with E-state index < -0.39 is 6.16 Å². The second kappa shape index (κ2) is 12.6. The topological polar surface area (TPSA) is 93.7 Å². The van der Waals surface area contributed by atoms with Gasteiger partial charge >= 0.3 is 6.16 Å². The number of amides is 2. The lowest BCUT2D eigenvalue weighted by Crippen LogP contribution is -2.30. The Morgan fingerprint density at radius 2 is 1.67 bits per heavy atom. The van der Waals surface area contributed by atoms with E-state index in [0.29, 0.717) is 43.7 Å². The van der Waals surface area contributed by atoms with Gasteiger partial charge in [0, 0.05) is 29.5 Å². The zero-order valence-corrected chi connectivity index (χ0v) is 18.4.